The van der Waals surface area contributed by atoms with Gasteiger partial charge >= 0.3 is 21.2 Å². The van der Waals surface area contributed by atoms with Crippen molar-refractivity contribution in [2.24, 2.45) is 23.2 Å². The van der Waals surface area contributed by atoms with E-state index in [1.807, 2.05) is 13.8 Å². The highest BCUT2D eigenvalue weighted by atomic mass is 127. The Morgan fingerprint density at radius 3 is 1.56 bits per heavy atom. The SMILES string of the molecule is CC(C)(C)c1ccc([I+]c2ccc(C(C)(C)C)cc2)cc1.CC1(C)C2CCC1C(CS(=O)(=O)[O-])C2=O. The molecule has 4 nitrogen and oxygen atoms in total. The van der Waals surface area contributed by atoms with Gasteiger partial charge in [-0.1, -0.05) is 79.7 Å². The van der Waals surface area contributed by atoms with Crippen LogP contribution in [0.4, 0.5) is 0 Å². The maximum atomic E-state index is 11.9. The fourth-order valence-corrected chi connectivity index (χ4v) is 8.60. The van der Waals surface area contributed by atoms with Crippen LogP contribution in [0, 0.1) is 30.3 Å². The van der Waals surface area contributed by atoms with E-state index in [4.69, 9.17) is 0 Å². The molecule has 0 aliphatic heterocycles. The first-order valence-electron chi connectivity index (χ1n) is 12.7. The third-order valence-electron chi connectivity index (χ3n) is 7.84. The number of Topliss-reactive ketones (excluding diaryl/α,β-unsaturated/α-hetero) is 1. The molecule has 0 spiro atoms. The molecule has 0 heterocycles. The van der Waals surface area contributed by atoms with Crippen LogP contribution in [0.15, 0.2) is 48.5 Å². The first-order chi connectivity index (χ1) is 16.4. The maximum absolute atomic E-state index is 11.9. The minimum absolute atomic E-state index is 0.00400. The molecule has 36 heavy (non-hydrogen) atoms. The lowest BCUT2D eigenvalue weighted by Gasteiger charge is -2.25. The first-order valence-corrected chi connectivity index (χ1v) is 16.5. The van der Waals surface area contributed by atoms with Gasteiger partial charge in [0.2, 0.25) is 0 Å². The van der Waals surface area contributed by atoms with Crippen molar-refractivity contribution in [3.8, 4) is 0 Å². The van der Waals surface area contributed by atoms with Gasteiger partial charge in [-0.2, -0.15) is 0 Å². The normalized spacial score (nSPS) is 23.4. The van der Waals surface area contributed by atoms with Gasteiger partial charge < -0.3 is 4.55 Å². The molecule has 4 rings (SSSR count). The Morgan fingerprint density at radius 2 is 1.25 bits per heavy atom. The second-order valence-corrected chi connectivity index (χ2v) is 17.4. The van der Waals surface area contributed by atoms with E-state index >= 15 is 0 Å². The molecule has 2 aliphatic rings. The van der Waals surface area contributed by atoms with E-state index in [1.54, 1.807) is 0 Å². The van der Waals surface area contributed by atoms with E-state index in [1.165, 1.54) is 18.3 Å². The van der Waals surface area contributed by atoms with Crippen LogP contribution in [-0.4, -0.2) is 24.5 Å². The third kappa shape index (κ3) is 6.98. The number of fused-ring (bicyclic) bond motifs is 2. The molecular formula is C30H41IO4S. The lowest BCUT2D eigenvalue weighted by atomic mass is 9.80. The zero-order chi connectivity index (χ0) is 27.1. The average molecular weight is 625 g/mol. The Balaban J connectivity index is 0.000000212. The molecule has 2 aliphatic carbocycles. The summed E-state index contributed by atoms with van der Waals surface area (Å²) in [6.45, 7) is 17.6. The standard InChI is InChI=1S/C20H26I.C10H16O4S/c1-19(2,3)15-7-11-17(12-8-15)21-18-13-9-16(10-14-18)20(4,5)6;1-10(2)7-3-4-8(10)9(11)6(7)5-15(12,13)14/h7-14H,1-6H3;6-8H,3-5H2,1-2H3,(H,12,13,14)/q+1;/p-1. The van der Waals surface area contributed by atoms with E-state index in [0.29, 0.717) is 0 Å². The molecule has 0 amide bonds. The molecule has 2 aromatic rings. The summed E-state index contributed by atoms with van der Waals surface area (Å²) >= 11 is -0.0703. The van der Waals surface area contributed by atoms with Crippen molar-refractivity contribution in [1.29, 1.82) is 0 Å². The topological polar surface area (TPSA) is 74.3 Å². The molecule has 0 saturated heterocycles. The molecule has 2 aromatic carbocycles. The van der Waals surface area contributed by atoms with E-state index in [0.717, 1.165) is 12.8 Å². The molecule has 6 heteroatoms. The molecule has 3 unspecified atom stereocenters. The number of carbonyl (C=O) groups is 1. The van der Waals surface area contributed by atoms with E-state index in [2.05, 4.69) is 90.1 Å². The van der Waals surface area contributed by atoms with Crippen molar-refractivity contribution in [1.82, 2.24) is 0 Å². The number of carbonyl (C=O) groups excluding carboxylic acids is 1. The highest BCUT2D eigenvalue weighted by molar-refractivity contribution is 7.85. The summed E-state index contributed by atoms with van der Waals surface area (Å²) < 4.78 is 35.1. The number of ketones is 1. The van der Waals surface area contributed by atoms with Crippen LogP contribution in [-0.2, 0) is 25.7 Å². The molecule has 0 aromatic heterocycles. The van der Waals surface area contributed by atoms with Gasteiger partial charge in [0, 0.05) is 17.6 Å². The average Bonchev–Trinajstić information content (AvgIpc) is 3.12. The van der Waals surface area contributed by atoms with Gasteiger partial charge in [0.15, 0.2) is 7.14 Å². The molecular weight excluding hydrogens is 583 g/mol. The van der Waals surface area contributed by atoms with E-state index in [-0.39, 0.29) is 55.1 Å². The van der Waals surface area contributed by atoms with E-state index < -0.39 is 21.8 Å². The van der Waals surface area contributed by atoms with Crippen LogP contribution in [0.25, 0.3) is 0 Å². The smallest absolute Gasteiger partial charge is 0.357 e. The molecule has 198 valence electrons. The van der Waals surface area contributed by atoms with Gasteiger partial charge in [0.25, 0.3) is 0 Å². The summed E-state index contributed by atoms with van der Waals surface area (Å²) in [4.78, 5) is 11.9. The Labute approximate surface area is 228 Å². The zero-order valence-corrected chi connectivity index (χ0v) is 25.9. The Hall–Kier alpha value is -1.25. The van der Waals surface area contributed by atoms with Crippen molar-refractivity contribution >= 4 is 15.9 Å². The molecule has 2 fully saturated rings. The van der Waals surface area contributed by atoms with Gasteiger partial charge in [-0.3, -0.25) is 4.79 Å². The number of benzene rings is 2. The highest BCUT2D eigenvalue weighted by Crippen LogP contribution is 2.58. The second kappa shape index (κ2) is 10.5. The van der Waals surface area contributed by atoms with Crippen molar-refractivity contribution in [2.75, 3.05) is 5.75 Å². The molecule has 2 bridgehead atoms. The van der Waals surface area contributed by atoms with Crippen LogP contribution in [0.1, 0.15) is 79.4 Å². The van der Waals surface area contributed by atoms with Crippen LogP contribution in [0.2, 0.25) is 0 Å². The lowest BCUT2D eigenvalue weighted by molar-refractivity contribution is -0.597. The van der Waals surface area contributed by atoms with Crippen LogP contribution < -0.4 is 21.2 Å². The Morgan fingerprint density at radius 1 is 0.833 bits per heavy atom. The quantitative estimate of drug-likeness (QED) is 0.387. The molecule has 0 N–H and O–H groups in total. The van der Waals surface area contributed by atoms with Crippen LogP contribution in [0.3, 0.4) is 0 Å². The van der Waals surface area contributed by atoms with Crippen molar-refractivity contribution in [2.45, 2.75) is 79.1 Å². The summed E-state index contributed by atoms with van der Waals surface area (Å²) in [6, 6.07) is 18.4. The molecule has 2 saturated carbocycles. The predicted molar refractivity (Wildman–Crippen MR) is 141 cm³/mol. The number of hydrogen-bond acceptors (Lipinski definition) is 4. The number of hydrogen-bond donors (Lipinski definition) is 0. The monoisotopic (exact) mass is 624 g/mol. The minimum atomic E-state index is -4.28. The summed E-state index contributed by atoms with van der Waals surface area (Å²) in [7, 11) is -4.28. The number of rotatable bonds is 4. The summed E-state index contributed by atoms with van der Waals surface area (Å²) in [5.74, 6) is -0.999. The fourth-order valence-electron chi connectivity index (χ4n) is 5.60. The van der Waals surface area contributed by atoms with Crippen molar-refractivity contribution in [3.05, 3.63) is 66.8 Å². The van der Waals surface area contributed by atoms with Crippen molar-refractivity contribution < 1.29 is 39.0 Å². The summed E-state index contributed by atoms with van der Waals surface area (Å²) in [5, 5.41) is 0. The second-order valence-electron chi connectivity index (χ2n) is 12.9. The maximum Gasteiger partial charge on any atom is 0.357 e. The lowest BCUT2D eigenvalue weighted by Crippen LogP contribution is -3.61. The van der Waals surface area contributed by atoms with Gasteiger partial charge in [-0.15, -0.1) is 0 Å². The van der Waals surface area contributed by atoms with Gasteiger partial charge in [0.1, 0.15) is 5.78 Å². The van der Waals surface area contributed by atoms with Gasteiger partial charge in [-0.05, 0) is 70.4 Å². The van der Waals surface area contributed by atoms with Crippen LogP contribution in [0.5, 0.6) is 0 Å². The minimum Gasteiger partial charge on any atom is -0.748 e. The van der Waals surface area contributed by atoms with E-state index in [9.17, 15) is 17.8 Å². The fraction of sp³-hybridized carbons (Fsp3) is 0.567. The predicted octanol–water partition coefficient (Wildman–Crippen LogP) is 3.19. The van der Waals surface area contributed by atoms with Crippen LogP contribution >= 0.6 is 0 Å². The Kier molecular flexibility index (Phi) is 8.54. The molecule has 0 radical (unpaired) electrons. The third-order valence-corrected chi connectivity index (χ3v) is 11.3. The van der Waals surface area contributed by atoms with Gasteiger partial charge in [0.05, 0.1) is 10.1 Å². The largest absolute Gasteiger partial charge is 0.748 e. The number of halogens is 1. The molecule has 3 atom stereocenters. The zero-order valence-electron chi connectivity index (χ0n) is 22.9. The van der Waals surface area contributed by atoms with Gasteiger partial charge in [-0.25, -0.2) is 8.42 Å². The summed E-state index contributed by atoms with van der Waals surface area (Å²) in [6.07, 6.45) is 1.73. The highest BCUT2D eigenvalue weighted by Gasteiger charge is 2.58. The van der Waals surface area contributed by atoms with Crippen molar-refractivity contribution in [3.63, 3.8) is 0 Å². The summed E-state index contributed by atoms with van der Waals surface area (Å²) in [5.41, 5.74) is 3.19. The Bertz CT molecular complexity index is 1110. The first kappa shape index (κ1) is 29.3.